The van der Waals surface area contributed by atoms with Gasteiger partial charge in [0, 0.05) is 11.6 Å². The zero-order chi connectivity index (χ0) is 12.4. The van der Waals surface area contributed by atoms with Crippen LogP contribution < -0.4 is 0 Å². The number of aromatic nitrogens is 3. The molecule has 17 heavy (non-hydrogen) atoms. The van der Waals surface area contributed by atoms with Crippen molar-refractivity contribution in [1.29, 1.82) is 0 Å². The Bertz CT molecular complexity index is 564. The number of rotatable bonds is 3. The number of nitro groups is 1. The first-order chi connectivity index (χ1) is 8.11. The molecule has 0 aliphatic carbocycles. The van der Waals surface area contributed by atoms with Crippen LogP contribution in [0.1, 0.15) is 11.3 Å². The van der Waals surface area contributed by atoms with E-state index in [1.165, 1.54) is 10.7 Å². The highest BCUT2D eigenvalue weighted by Gasteiger charge is 2.11. The van der Waals surface area contributed by atoms with E-state index >= 15 is 0 Å². The topological polar surface area (TPSA) is 94.1 Å². The van der Waals surface area contributed by atoms with Gasteiger partial charge in [0.25, 0.3) is 5.69 Å². The molecule has 2 rings (SSSR count). The molecule has 7 nitrogen and oxygen atoms in total. The summed E-state index contributed by atoms with van der Waals surface area (Å²) in [4.78, 5) is 10.2. The van der Waals surface area contributed by atoms with Gasteiger partial charge in [-0.3, -0.25) is 10.1 Å². The molecule has 1 aromatic carbocycles. The molecule has 0 unspecified atom stereocenters. The number of hydrogen-bond acceptors (Lipinski definition) is 5. The van der Waals surface area contributed by atoms with Gasteiger partial charge in [-0.2, -0.15) is 0 Å². The molecule has 1 aromatic heterocycles. The lowest BCUT2D eigenvalue weighted by atomic mass is 10.2. The Morgan fingerprint density at radius 1 is 1.53 bits per heavy atom. The molecule has 88 valence electrons. The van der Waals surface area contributed by atoms with Gasteiger partial charge in [-0.15, -0.1) is 5.10 Å². The molecule has 2 aromatic rings. The summed E-state index contributed by atoms with van der Waals surface area (Å²) in [5.74, 6) is 0. The molecule has 0 radical (unpaired) electrons. The maximum atomic E-state index is 10.7. The molecule has 1 N–H and O–H groups in total. The highest BCUT2D eigenvalue weighted by Crippen LogP contribution is 2.20. The Morgan fingerprint density at radius 3 is 2.82 bits per heavy atom. The van der Waals surface area contributed by atoms with E-state index in [-0.39, 0.29) is 12.3 Å². The highest BCUT2D eigenvalue weighted by molar-refractivity contribution is 5.47. The average molecular weight is 234 g/mol. The van der Waals surface area contributed by atoms with Crippen molar-refractivity contribution in [2.24, 2.45) is 0 Å². The van der Waals surface area contributed by atoms with Gasteiger partial charge in [-0.1, -0.05) is 5.21 Å². The third-order valence-corrected chi connectivity index (χ3v) is 2.34. The molecule has 0 spiro atoms. The predicted octanol–water partition coefficient (Wildman–Crippen LogP) is 0.976. The molecule has 0 aliphatic rings. The summed E-state index contributed by atoms with van der Waals surface area (Å²) < 4.78 is 1.46. The first-order valence-corrected chi connectivity index (χ1v) is 4.89. The summed E-state index contributed by atoms with van der Waals surface area (Å²) in [6, 6.07) is 4.65. The molecule has 0 aliphatic heterocycles. The van der Waals surface area contributed by atoms with Gasteiger partial charge in [0.1, 0.15) is 5.69 Å². The summed E-state index contributed by atoms with van der Waals surface area (Å²) in [6.45, 7) is 1.47. The van der Waals surface area contributed by atoms with Gasteiger partial charge in [-0.05, 0) is 19.1 Å². The minimum atomic E-state index is -0.431. The van der Waals surface area contributed by atoms with Crippen LogP contribution in [0.5, 0.6) is 0 Å². The van der Waals surface area contributed by atoms with Crippen molar-refractivity contribution in [1.82, 2.24) is 15.0 Å². The largest absolute Gasteiger partial charge is 0.390 e. The number of benzene rings is 1. The summed E-state index contributed by atoms with van der Waals surface area (Å²) >= 11 is 0. The first-order valence-electron chi connectivity index (χ1n) is 4.89. The number of nitro benzene ring substituents is 1. The lowest BCUT2D eigenvalue weighted by molar-refractivity contribution is -0.385. The van der Waals surface area contributed by atoms with Crippen molar-refractivity contribution in [3.05, 3.63) is 45.8 Å². The summed E-state index contributed by atoms with van der Waals surface area (Å²) in [5.41, 5.74) is 1.73. The zero-order valence-corrected chi connectivity index (χ0v) is 9.07. The van der Waals surface area contributed by atoms with Gasteiger partial charge in [0.15, 0.2) is 0 Å². The van der Waals surface area contributed by atoms with Crippen LogP contribution in [0.25, 0.3) is 5.69 Å². The molecule has 7 heteroatoms. The van der Waals surface area contributed by atoms with E-state index < -0.39 is 4.92 Å². The summed E-state index contributed by atoms with van der Waals surface area (Å²) in [7, 11) is 0. The minimum absolute atomic E-state index is 0.0660. The average Bonchev–Trinajstić information content (AvgIpc) is 2.76. The number of aliphatic hydroxyl groups excluding tert-OH is 1. The standard InChI is InChI=1S/C10H10N4O3/c1-7-4-9(2-3-10(7)14(16)17)13-5-8(6-15)11-12-13/h2-5,15H,6H2,1H3. The Morgan fingerprint density at radius 2 is 2.29 bits per heavy atom. The Labute approximate surface area is 96.5 Å². The fourth-order valence-corrected chi connectivity index (χ4v) is 1.48. The molecule has 0 saturated heterocycles. The minimum Gasteiger partial charge on any atom is -0.390 e. The molecule has 0 bridgehead atoms. The van der Waals surface area contributed by atoms with Crippen molar-refractivity contribution in [2.75, 3.05) is 0 Å². The highest BCUT2D eigenvalue weighted by atomic mass is 16.6. The zero-order valence-electron chi connectivity index (χ0n) is 9.07. The Kier molecular flexibility index (Phi) is 2.84. The smallest absolute Gasteiger partial charge is 0.272 e. The maximum Gasteiger partial charge on any atom is 0.272 e. The van der Waals surface area contributed by atoms with Crippen molar-refractivity contribution < 1.29 is 10.0 Å². The number of aryl methyl sites for hydroxylation is 1. The molecule has 0 fully saturated rings. The van der Waals surface area contributed by atoms with E-state index in [1.807, 2.05) is 0 Å². The summed E-state index contributed by atoms with van der Waals surface area (Å²) in [6.07, 6.45) is 1.57. The van der Waals surface area contributed by atoms with Gasteiger partial charge in [0.2, 0.25) is 0 Å². The second-order valence-electron chi connectivity index (χ2n) is 3.54. The molecule has 1 heterocycles. The molecule has 0 saturated carbocycles. The van der Waals surface area contributed by atoms with Crippen LogP contribution in [-0.2, 0) is 6.61 Å². The van der Waals surface area contributed by atoms with Crippen molar-refractivity contribution in [3.8, 4) is 5.69 Å². The lowest BCUT2D eigenvalue weighted by Crippen LogP contribution is -1.98. The van der Waals surface area contributed by atoms with Crippen molar-refractivity contribution >= 4 is 5.69 Å². The van der Waals surface area contributed by atoms with E-state index in [2.05, 4.69) is 10.3 Å². The molecular formula is C10H10N4O3. The van der Waals surface area contributed by atoms with Gasteiger partial charge in [-0.25, -0.2) is 4.68 Å². The lowest BCUT2D eigenvalue weighted by Gasteiger charge is -2.02. The van der Waals surface area contributed by atoms with Gasteiger partial charge >= 0.3 is 0 Å². The van der Waals surface area contributed by atoms with Crippen LogP contribution in [0, 0.1) is 17.0 Å². The second kappa shape index (κ2) is 4.30. The van der Waals surface area contributed by atoms with Crippen molar-refractivity contribution in [3.63, 3.8) is 0 Å². The predicted molar refractivity (Wildman–Crippen MR) is 58.7 cm³/mol. The normalized spacial score (nSPS) is 10.5. The number of aliphatic hydroxyl groups is 1. The molecule has 0 atom stereocenters. The Hall–Kier alpha value is -2.28. The fourth-order valence-electron chi connectivity index (χ4n) is 1.48. The van der Waals surface area contributed by atoms with Crippen LogP contribution in [0.15, 0.2) is 24.4 Å². The maximum absolute atomic E-state index is 10.7. The van der Waals surface area contributed by atoms with Crippen LogP contribution >= 0.6 is 0 Å². The molecule has 0 amide bonds. The van der Waals surface area contributed by atoms with E-state index in [0.29, 0.717) is 16.9 Å². The van der Waals surface area contributed by atoms with E-state index in [1.54, 1.807) is 25.3 Å². The fraction of sp³-hybridized carbons (Fsp3) is 0.200. The second-order valence-corrected chi connectivity index (χ2v) is 3.54. The van der Waals surface area contributed by atoms with Gasteiger partial charge in [0.05, 0.1) is 23.4 Å². The quantitative estimate of drug-likeness (QED) is 0.631. The SMILES string of the molecule is Cc1cc(-n2cc(CO)nn2)ccc1[N+](=O)[O-]. The summed E-state index contributed by atoms with van der Waals surface area (Å²) in [5, 5.41) is 27.1. The van der Waals surface area contributed by atoms with Crippen LogP contribution in [0.3, 0.4) is 0 Å². The van der Waals surface area contributed by atoms with E-state index in [9.17, 15) is 10.1 Å². The number of nitrogens with zero attached hydrogens (tertiary/aromatic N) is 4. The third kappa shape index (κ3) is 2.13. The Balaban J connectivity index is 2.40. The van der Waals surface area contributed by atoms with Crippen LogP contribution in [0.4, 0.5) is 5.69 Å². The molecular weight excluding hydrogens is 224 g/mol. The first kappa shape index (κ1) is 11.2. The van der Waals surface area contributed by atoms with E-state index in [4.69, 9.17) is 5.11 Å². The van der Waals surface area contributed by atoms with Gasteiger partial charge < -0.3 is 5.11 Å². The van der Waals surface area contributed by atoms with E-state index in [0.717, 1.165) is 0 Å². The van der Waals surface area contributed by atoms with Crippen LogP contribution in [0.2, 0.25) is 0 Å². The van der Waals surface area contributed by atoms with Crippen molar-refractivity contribution in [2.45, 2.75) is 13.5 Å². The van der Waals surface area contributed by atoms with Crippen LogP contribution in [-0.4, -0.2) is 25.0 Å². The monoisotopic (exact) mass is 234 g/mol. The number of hydrogen-bond donors (Lipinski definition) is 1. The third-order valence-electron chi connectivity index (χ3n) is 2.34.